The summed E-state index contributed by atoms with van der Waals surface area (Å²) in [5, 5.41) is 9.73. The Labute approximate surface area is 234 Å². The van der Waals surface area contributed by atoms with Gasteiger partial charge in [-0.25, -0.2) is 14.6 Å². The molecule has 1 aromatic heterocycles. The highest BCUT2D eigenvalue weighted by Crippen LogP contribution is 2.33. The molecule has 0 spiro atoms. The third kappa shape index (κ3) is 7.63. The van der Waals surface area contributed by atoms with Gasteiger partial charge in [0.2, 0.25) is 5.82 Å². The first-order valence-electron chi connectivity index (χ1n) is 12.2. The SMILES string of the molecule is CC(C)(C)OC(=O)N(C(=O)c1nccn1-c1ccc(C#N)cc1)N(C(=O)OC(C)(C)C)c1cccc(C(F)(F)F)c1. The van der Waals surface area contributed by atoms with Crippen molar-refractivity contribution in [3.05, 3.63) is 77.9 Å². The van der Waals surface area contributed by atoms with Crippen LogP contribution in [0.15, 0.2) is 60.9 Å². The number of amides is 3. The zero-order valence-electron chi connectivity index (χ0n) is 23.2. The summed E-state index contributed by atoms with van der Waals surface area (Å²) in [6.45, 7) is 9.04. The molecule has 2 aromatic carbocycles. The Kier molecular flexibility index (Phi) is 8.47. The van der Waals surface area contributed by atoms with E-state index in [1.54, 1.807) is 0 Å². The van der Waals surface area contributed by atoms with Gasteiger partial charge in [-0.3, -0.25) is 9.36 Å². The van der Waals surface area contributed by atoms with E-state index in [2.05, 4.69) is 4.98 Å². The van der Waals surface area contributed by atoms with Crippen LogP contribution in [0.1, 0.15) is 63.3 Å². The molecule has 3 amide bonds. The number of halogens is 3. The quantitative estimate of drug-likeness (QED) is 0.330. The van der Waals surface area contributed by atoms with Crippen LogP contribution in [0.5, 0.6) is 0 Å². The van der Waals surface area contributed by atoms with Crippen LogP contribution in [0, 0.1) is 11.3 Å². The van der Waals surface area contributed by atoms with Gasteiger partial charge in [-0.15, -0.1) is 5.01 Å². The molecule has 0 bridgehead atoms. The van der Waals surface area contributed by atoms with Gasteiger partial charge in [-0.1, -0.05) is 6.07 Å². The highest BCUT2D eigenvalue weighted by Gasteiger charge is 2.42. The van der Waals surface area contributed by atoms with E-state index in [4.69, 9.17) is 14.7 Å². The van der Waals surface area contributed by atoms with Crippen LogP contribution in [-0.2, 0) is 15.7 Å². The minimum Gasteiger partial charge on any atom is -0.442 e. The molecule has 3 aromatic rings. The Balaban J connectivity index is 2.24. The first-order valence-corrected chi connectivity index (χ1v) is 12.2. The Hall–Kier alpha value is -4.86. The molecule has 0 unspecified atom stereocenters. The van der Waals surface area contributed by atoms with Gasteiger partial charge < -0.3 is 9.47 Å². The van der Waals surface area contributed by atoms with Crippen LogP contribution < -0.4 is 5.01 Å². The summed E-state index contributed by atoms with van der Waals surface area (Å²) in [4.78, 5) is 45.1. The number of hydrogen-bond donors (Lipinski definition) is 0. The van der Waals surface area contributed by atoms with Gasteiger partial charge in [0, 0.05) is 18.1 Å². The molecular formula is C28H28F3N5O5. The van der Waals surface area contributed by atoms with Gasteiger partial charge in [0.1, 0.15) is 11.2 Å². The van der Waals surface area contributed by atoms with Crippen molar-refractivity contribution in [3.63, 3.8) is 0 Å². The minimum absolute atomic E-state index is 0.247. The highest BCUT2D eigenvalue weighted by molar-refractivity contribution is 6.07. The molecule has 0 radical (unpaired) electrons. The van der Waals surface area contributed by atoms with Gasteiger partial charge in [0.05, 0.1) is 22.9 Å². The topological polar surface area (TPSA) is 118 Å². The van der Waals surface area contributed by atoms with Crippen LogP contribution >= 0.6 is 0 Å². The van der Waals surface area contributed by atoms with E-state index in [1.165, 1.54) is 82.8 Å². The lowest BCUT2D eigenvalue weighted by molar-refractivity contribution is -0.137. The van der Waals surface area contributed by atoms with Gasteiger partial charge >= 0.3 is 24.3 Å². The zero-order valence-corrected chi connectivity index (χ0v) is 23.2. The fourth-order valence-corrected chi connectivity index (χ4v) is 3.44. The molecule has 0 aliphatic rings. The molecule has 3 rings (SSSR count). The van der Waals surface area contributed by atoms with Gasteiger partial charge in [0.25, 0.3) is 0 Å². The van der Waals surface area contributed by atoms with E-state index in [-0.39, 0.29) is 10.8 Å². The van der Waals surface area contributed by atoms with E-state index < -0.39 is 46.7 Å². The second kappa shape index (κ2) is 11.3. The predicted molar refractivity (Wildman–Crippen MR) is 141 cm³/mol. The van der Waals surface area contributed by atoms with Crippen LogP contribution in [0.2, 0.25) is 0 Å². The number of anilines is 1. The smallest absolute Gasteiger partial charge is 0.437 e. The first-order chi connectivity index (χ1) is 18.9. The number of rotatable bonds is 3. The second-order valence-corrected chi connectivity index (χ2v) is 10.7. The molecule has 0 saturated heterocycles. The standard InChI is InChI=1S/C28H28F3N5O5/c1-26(2,3)40-24(38)35(21-9-7-8-19(16-21)28(29,30)31)36(25(39)41-27(4,5)6)23(37)22-33-14-15-34(22)20-12-10-18(17-32)11-13-20/h7-16H,1-6H3. The van der Waals surface area contributed by atoms with Gasteiger partial charge in [-0.05, 0) is 84.0 Å². The molecule has 10 nitrogen and oxygen atoms in total. The van der Waals surface area contributed by atoms with Crippen molar-refractivity contribution in [2.45, 2.75) is 58.9 Å². The molecule has 0 aliphatic heterocycles. The molecule has 0 saturated carbocycles. The molecule has 0 fully saturated rings. The molecule has 13 heteroatoms. The lowest BCUT2D eigenvalue weighted by atomic mass is 10.2. The number of imidazole rings is 1. The van der Waals surface area contributed by atoms with E-state index in [0.29, 0.717) is 22.3 Å². The van der Waals surface area contributed by atoms with Crippen molar-refractivity contribution in [1.82, 2.24) is 14.6 Å². The maximum absolute atomic E-state index is 14.0. The fraction of sp³-hybridized carbons (Fsp3) is 0.321. The van der Waals surface area contributed by atoms with Crippen LogP contribution in [0.3, 0.4) is 0 Å². The number of aromatic nitrogens is 2. The molecular weight excluding hydrogens is 543 g/mol. The van der Waals surface area contributed by atoms with E-state index in [1.807, 2.05) is 6.07 Å². The van der Waals surface area contributed by atoms with Crippen molar-refractivity contribution in [2.75, 3.05) is 5.01 Å². The summed E-state index contributed by atoms with van der Waals surface area (Å²) in [6, 6.07) is 11.5. The molecule has 1 heterocycles. The maximum atomic E-state index is 14.0. The van der Waals surface area contributed by atoms with Crippen LogP contribution in [-0.4, -0.2) is 43.9 Å². The first kappa shape index (κ1) is 30.7. The van der Waals surface area contributed by atoms with Crippen molar-refractivity contribution in [2.24, 2.45) is 0 Å². The third-order valence-corrected chi connectivity index (χ3v) is 5.05. The van der Waals surface area contributed by atoms with E-state index in [9.17, 15) is 27.6 Å². The maximum Gasteiger partial charge on any atom is 0.437 e. The lowest BCUT2D eigenvalue weighted by Crippen LogP contribution is -2.56. The number of nitrogens with zero attached hydrogens (tertiary/aromatic N) is 5. The van der Waals surface area contributed by atoms with Crippen LogP contribution in [0.4, 0.5) is 28.4 Å². The molecule has 0 atom stereocenters. The van der Waals surface area contributed by atoms with Crippen molar-refractivity contribution >= 4 is 23.8 Å². The largest absolute Gasteiger partial charge is 0.442 e. The summed E-state index contributed by atoms with van der Waals surface area (Å²) in [5.74, 6) is -1.60. The molecule has 216 valence electrons. The number of nitriles is 1. The molecule has 0 N–H and O–H groups in total. The Morgan fingerprint density at radius 1 is 0.902 bits per heavy atom. The average molecular weight is 572 g/mol. The van der Waals surface area contributed by atoms with Gasteiger partial charge in [0.15, 0.2) is 0 Å². The number of imide groups is 1. The minimum atomic E-state index is -4.80. The highest BCUT2D eigenvalue weighted by atomic mass is 19.4. The number of carbonyl (C=O) groups is 3. The Morgan fingerprint density at radius 2 is 1.49 bits per heavy atom. The number of carbonyl (C=O) groups excluding carboxylic acids is 3. The third-order valence-electron chi connectivity index (χ3n) is 5.05. The normalized spacial score (nSPS) is 11.8. The zero-order chi connectivity index (χ0) is 30.8. The number of benzene rings is 2. The number of alkyl halides is 3. The van der Waals surface area contributed by atoms with Crippen molar-refractivity contribution in [1.29, 1.82) is 5.26 Å². The second-order valence-electron chi connectivity index (χ2n) is 10.7. The fourth-order valence-electron chi connectivity index (χ4n) is 3.44. The van der Waals surface area contributed by atoms with Crippen molar-refractivity contribution in [3.8, 4) is 11.8 Å². The summed E-state index contributed by atoms with van der Waals surface area (Å²) in [5.41, 5.74) is -3.26. The lowest BCUT2D eigenvalue weighted by Gasteiger charge is -2.35. The number of ether oxygens (including phenoxy) is 2. The summed E-state index contributed by atoms with van der Waals surface area (Å²) in [7, 11) is 0. The van der Waals surface area contributed by atoms with Gasteiger partial charge in [-0.2, -0.15) is 23.4 Å². The summed E-state index contributed by atoms with van der Waals surface area (Å²) >= 11 is 0. The Bertz CT molecular complexity index is 1480. The number of hydrogen-bond acceptors (Lipinski definition) is 7. The van der Waals surface area contributed by atoms with Crippen LogP contribution in [0.25, 0.3) is 5.69 Å². The van der Waals surface area contributed by atoms with Crippen molar-refractivity contribution < 1.29 is 37.0 Å². The Morgan fingerprint density at radius 3 is 2.02 bits per heavy atom. The summed E-state index contributed by atoms with van der Waals surface area (Å²) in [6.07, 6.45) is -4.86. The molecule has 0 aliphatic carbocycles. The van der Waals surface area contributed by atoms with E-state index in [0.717, 1.165) is 18.2 Å². The number of hydrazine groups is 1. The van der Waals surface area contributed by atoms with E-state index >= 15 is 0 Å². The monoisotopic (exact) mass is 571 g/mol. The molecule has 41 heavy (non-hydrogen) atoms. The predicted octanol–water partition coefficient (Wildman–Crippen LogP) is 6.50. The average Bonchev–Trinajstić information content (AvgIpc) is 3.34. The summed E-state index contributed by atoms with van der Waals surface area (Å²) < 4.78 is 52.9.